The van der Waals surface area contributed by atoms with E-state index in [4.69, 9.17) is 27.7 Å². The number of hydrogen-bond acceptors (Lipinski definition) is 10. The minimum atomic E-state index is -3.54. The number of aliphatic hydroxyl groups is 1. The molecule has 0 amide bonds. The molecule has 0 spiro atoms. The maximum absolute atomic E-state index is 13.5. The average Bonchev–Trinajstić information content (AvgIpc) is 3.40. The summed E-state index contributed by atoms with van der Waals surface area (Å²) in [4.78, 5) is 26.5. The molecule has 10 nitrogen and oxygen atoms in total. The number of esters is 1. The molecule has 0 radical (unpaired) electrons. The summed E-state index contributed by atoms with van der Waals surface area (Å²) in [5, 5.41) is 11.1. The van der Waals surface area contributed by atoms with Crippen LogP contribution < -0.4 is 0 Å². The van der Waals surface area contributed by atoms with Crippen LogP contribution in [0.3, 0.4) is 0 Å². The first kappa shape index (κ1) is 41.6. The SMILES string of the molecule is CCOC(=O)C(C)(C/C=C(C)/C=C/CC/C=C(\C)CO[Si](C)(C)C(C)(C)C)C(=O)C[C@H](O)CC1(CP(=O)(OC)OC)OCCO1. The summed E-state index contributed by atoms with van der Waals surface area (Å²) in [5.41, 5.74) is 0.617. The fourth-order valence-corrected chi connectivity index (χ4v) is 6.77. The van der Waals surface area contributed by atoms with Gasteiger partial charge in [-0.1, -0.05) is 56.2 Å². The zero-order chi connectivity index (χ0) is 34.5. The number of unbranched alkanes of at least 4 members (excludes halogenated alkanes) is 1. The Morgan fingerprint density at radius 1 is 1.04 bits per heavy atom. The molecule has 45 heavy (non-hydrogen) atoms. The first-order valence-corrected chi connectivity index (χ1v) is 20.4. The molecule has 0 aromatic carbocycles. The Hall–Kier alpha value is -1.43. The summed E-state index contributed by atoms with van der Waals surface area (Å²) >= 11 is 0. The van der Waals surface area contributed by atoms with Gasteiger partial charge in [0, 0.05) is 27.1 Å². The molecule has 1 rings (SSSR count). The Morgan fingerprint density at radius 2 is 1.64 bits per heavy atom. The number of hydrogen-bond donors (Lipinski definition) is 1. The third-order valence-corrected chi connectivity index (χ3v) is 15.1. The maximum Gasteiger partial charge on any atom is 0.335 e. The van der Waals surface area contributed by atoms with Crippen molar-refractivity contribution in [3.8, 4) is 0 Å². The van der Waals surface area contributed by atoms with E-state index >= 15 is 0 Å². The molecular formula is C33H59O10PSi. The molecule has 0 bridgehead atoms. The molecule has 1 unspecified atom stereocenters. The Kier molecular flexibility index (Phi) is 16.8. The molecule has 1 aliphatic rings. The number of ether oxygens (including phenoxy) is 3. The van der Waals surface area contributed by atoms with Crippen molar-refractivity contribution in [1.82, 2.24) is 0 Å². The molecule has 1 saturated heterocycles. The molecule has 0 aliphatic carbocycles. The number of carbonyl (C=O) groups excluding carboxylic acids is 2. The van der Waals surface area contributed by atoms with Gasteiger partial charge in [0.2, 0.25) is 0 Å². The van der Waals surface area contributed by atoms with Gasteiger partial charge in [-0.05, 0) is 65.1 Å². The largest absolute Gasteiger partial charge is 0.465 e. The molecular weight excluding hydrogens is 615 g/mol. The van der Waals surface area contributed by atoms with E-state index in [0.717, 1.165) is 18.4 Å². The number of ketones is 1. The van der Waals surface area contributed by atoms with Crippen LogP contribution in [0, 0.1) is 5.41 Å². The second-order valence-electron chi connectivity index (χ2n) is 13.5. The lowest BCUT2D eigenvalue weighted by atomic mass is 9.79. The van der Waals surface area contributed by atoms with Crippen LogP contribution in [0.15, 0.2) is 35.5 Å². The van der Waals surface area contributed by atoms with Gasteiger partial charge in [0.05, 0.1) is 32.5 Å². The Labute approximate surface area is 272 Å². The lowest BCUT2D eigenvalue weighted by Gasteiger charge is -2.36. The van der Waals surface area contributed by atoms with Crippen molar-refractivity contribution in [2.24, 2.45) is 5.41 Å². The van der Waals surface area contributed by atoms with Crippen LogP contribution in [-0.4, -0.2) is 83.9 Å². The van der Waals surface area contributed by atoms with Crippen molar-refractivity contribution in [1.29, 1.82) is 0 Å². The van der Waals surface area contributed by atoms with Gasteiger partial charge in [-0.15, -0.1) is 0 Å². The minimum absolute atomic E-state index is 0.109. The van der Waals surface area contributed by atoms with Crippen LogP contribution >= 0.6 is 7.60 Å². The van der Waals surface area contributed by atoms with Crippen LogP contribution in [0.25, 0.3) is 0 Å². The van der Waals surface area contributed by atoms with Crippen molar-refractivity contribution in [3.63, 3.8) is 0 Å². The second-order valence-corrected chi connectivity index (χ2v) is 20.6. The highest BCUT2D eigenvalue weighted by molar-refractivity contribution is 7.53. The van der Waals surface area contributed by atoms with Crippen molar-refractivity contribution in [2.45, 2.75) is 111 Å². The highest BCUT2D eigenvalue weighted by Crippen LogP contribution is 2.51. The first-order chi connectivity index (χ1) is 20.8. The third-order valence-electron chi connectivity index (χ3n) is 8.62. The monoisotopic (exact) mass is 674 g/mol. The summed E-state index contributed by atoms with van der Waals surface area (Å²) < 4.78 is 45.8. The van der Waals surface area contributed by atoms with Gasteiger partial charge in [-0.3, -0.25) is 14.2 Å². The molecule has 1 aliphatic heterocycles. The Balaban J connectivity index is 2.86. The lowest BCUT2D eigenvalue weighted by Crippen LogP contribution is -2.42. The van der Waals surface area contributed by atoms with Gasteiger partial charge < -0.3 is 32.8 Å². The highest BCUT2D eigenvalue weighted by atomic mass is 31.2. The molecule has 0 aromatic rings. The van der Waals surface area contributed by atoms with Crippen LogP contribution in [-0.2, 0) is 41.8 Å². The second kappa shape index (κ2) is 18.2. The maximum atomic E-state index is 13.5. The molecule has 1 heterocycles. The molecule has 2 atom stereocenters. The van der Waals surface area contributed by atoms with E-state index in [2.05, 4.69) is 52.9 Å². The number of aliphatic hydroxyl groups excluding tert-OH is 1. The Bertz CT molecular complexity index is 1090. The Morgan fingerprint density at radius 3 is 2.18 bits per heavy atom. The molecule has 1 N–H and O–H groups in total. The standard InChI is InChI=1S/C33H59O10PSi/c1-12-40-30(36)32(7,29(35)22-28(34)23-33(41-20-21-42-33)25-44(37,38-8)39-9)19-18-26(2)16-14-13-15-17-27(3)24-43-45(10,11)31(4,5)6/h14,16-18,28,34H,12-13,15,19-25H2,1-11H3/b16-14+,26-18+,27-17+/t28-,32?/m0/s1. The van der Waals surface area contributed by atoms with E-state index in [1.165, 1.54) is 26.7 Å². The number of Topliss-reactive ketones (excluding diaryl/α,β-unsaturated/α-hetero) is 1. The van der Waals surface area contributed by atoms with E-state index in [1.807, 2.05) is 19.1 Å². The average molecular weight is 675 g/mol. The van der Waals surface area contributed by atoms with E-state index < -0.39 is 45.0 Å². The van der Waals surface area contributed by atoms with Gasteiger partial charge in [-0.25, -0.2) is 0 Å². The van der Waals surface area contributed by atoms with Crippen LogP contribution in [0.1, 0.15) is 80.6 Å². The highest BCUT2D eigenvalue weighted by Gasteiger charge is 2.47. The van der Waals surface area contributed by atoms with Gasteiger partial charge in [-0.2, -0.15) is 0 Å². The van der Waals surface area contributed by atoms with Gasteiger partial charge >= 0.3 is 13.6 Å². The predicted octanol–water partition coefficient (Wildman–Crippen LogP) is 7.14. The fourth-order valence-electron chi connectivity index (χ4n) is 4.44. The first-order valence-electron chi connectivity index (χ1n) is 15.8. The van der Waals surface area contributed by atoms with Crippen molar-refractivity contribution in [3.05, 3.63) is 35.5 Å². The molecule has 0 saturated carbocycles. The summed E-state index contributed by atoms with van der Waals surface area (Å²) in [6.45, 7) is 19.7. The third kappa shape index (κ3) is 13.3. The number of carbonyl (C=O) groups is 2. The predicted molar refractivity (Wildman–Crippen MR) is 180 cm³/mol. The summed E-state index contributed by atoms with van der Waals surface area (Å²) in [5.74, 6) is -2.56. The van der Waals surface area contributed by atoms with Crippen LogP contribution in [0.5, 0.6) is 0 Å². The normalized spacial score (nSPS) is 18.7. The van der Waals surface area contributed by atoms with E-state index in [9.17, 15) is 19.3 Å². The zero-order valence-electron chi connectivity index (χ0n) is 29.5. The molecule has 1 fully saturated rings. The summed E-state index contributed by atoms with van der Waals surface area (Å²) in [6, 6.07) is 0. The number of allylic oxidation sites excluding steroid dienone is 5. The minimum Gasteiger partial charge on any atom is -0.465 e. The summed E-state index contributed by atoms with van der Waals surface area (Å²) in [7, 11) is -2.81. The van der Waals surface area contributed by atoms with Gasteiger partial charge in [0.15, 0.2) is 19.9 Å². The van der Waals surface area contributed by atoms with Crippen LogP contribution in [0.2, 0.25) is 18.1 Å². The van der Waals surface area contributed by atoms with Gasteiger partial charge in [0.1, 0.15) is 11.6 Å². The smallest absolute Gasteiger partial charge is 0.335 e. The van der Waals surface area contributed by atoms with Crippen LogP contribution in [0.4, 0.5) is 0 Å². The number of rotatable bonds is 20. The zero-order valence-corrected chi connectivity index (χ0v) is 31.4. The van der Waals surface area contributed by atoms with E-state index in [-0.39, 0.29) is 50.3 Å². The molecule has 260 valence electrons. The quantitative estimate of drug-likeness (QED) is 0.0271. The van der Waals surface area contributed by atoms with Crippen molar-refractivity contribution < 1.29 is 46.9 Å². The lowest BCUT2D eigenvalue weighted by molar-refractivity contribution is -0.166. The topological polar surface area (TPSA) is 127 Å². The van der Waals surface area contributed by atoms with Crippen molar-refractivity contribution >= 4 is 27.7 Å². The van der Waals surface area contributed by atoms with Gasteiger partial charge in [0.25, 0.3) is 0 Å². The molecule has 0 aromatic heterocycles. The fraction of sp³-hybridized carbons (Fsp3) is 0.758. The summed E-state index contributed by atoms with van der Waals surface area (Å²) in [6.07, 6.45) is 7.93. The van der Waals surface area contributed by atoms with E-state index in [0.29, 0.717) is 6.61 Å². The molecule has 12 heteroatoms. The van der Waals surface area contributed by atoms with E-state index in [1.54, 1.807) is 6.92 Å². The van der Waals surface area contributed by atoms with Crippen molar-refractivity contribution in [2.75, 3.05) is 46.8 Å².